The highest BCUT2D eigenvalue weighted by atomic mass is 32.1. The zero-order chi connectivity index (χ0) is 19.4. The van der Waals surface area contributed by atoms with Crippen LogP contribution in [-0.2, 0) is 11.2 Å². The molecule has 140 valence electrons. The summed E-state index contributed by atoms with van der Waals surface area (Å²) in [7, 11) is 1.67. The highest BCUT2D eigenvalue weighted by molar-refractivity contribution is 7.80. The number of carboxylic acids is 1. The Bertz CT molecular complexity index is 912. The average Bonchev–Trinajstić information content (AvgIpc) is 3.09. The van der Waals surface area contributed by atoms with E-state index in [9.17, 15) is 9.90 Å². The third-order valence-corrected chi connectivity index (χ3v) is 4.17. The fraction of sp³-hybridized carbons (Fsp3) is 0.167. The molecule has 2 aromatic carbocycles. The first-order valence-corrected chi connectivity index (χ1v) is 8.44. The number of fused-ring (bicyclic) bond motifs is 1. The predicted octanol–water partition coefficient (Wildman–Crippen LogP) is 1.47. The molecule has 0 spiro atoms. The molecule has 0 saturated carbocycles. The van der Waals surface area contributed by atoms with Crippen LogP contribution in [0, 0.1) is 0 Å². The Morgan fingerprint density at radius 3 is 2.56 bits per heavy atom. The standard InChI is InChI=1S/C18H18N4O4S/c1-20-18(27)22-21-17(10-2-4-12(19)5-3-10)13-8-15-14(25-9-26-15)6-11(13)7-16(23)24/h2-6,8H,7,9,19H2,1H3,(H,23,24)(H2,20,22,27)/b21-17-. The Morgan fingerprint density at radius 2 is 1.93 bits per heavy atom. The lowest BCUT2D eigenvalue weighted by Crippen LogP contribution is -2.30. The van der Waals surface area contributed by atoms with Gasteiger partial charge < -0.3 is 25.6 Å². The van der Waals surface area contributed by atoms with Gasteiger partial charge >= 0.3 is 5.97 Å². The molecule has 1 aliphatic heterocycles. The zero-order valence-corrected chi connectivity index (χ0v) is 15.3. The molecule has 5 N–H and O–H groups in total. The van der Waals surface area contributed by atoms with Crippen molar-refractivity contribution in [1.82, 2.24) is 10.7 Å². The van der Waals surface area contributed by atoms with E-state index in [1.807, 2.05) is 0 Å². The average molecular weight is 386 g/mol. The number of hydrazone groups is 1. The summed E-state index contributed by atoms with van der Waals surface area (Å²) in [6.45, 7) is 0.0851. The summed E-state index contributed by atoms with van der Waals surface area (Å²) in [5.74, 6) is 0.0642. The zero-order valence-electron chi connectivity index (χ0n) is 14.5. The summed E-state index contributed by atoms with van der Waals surface area (Å²) in [4.78, 5) is 11.4. The number of rotatable bonds is 5. The maximum Gasteiger partial charge on any atom is 0.307 e. The second kappa shape index (κ2) is 7.92. The fourth-order valence-corrected chi connectivity index (χ4v) is 2.64. The Morgan fingerprint density at radius 1 is 1.26 bits per heavy atom. The maximum absolute atomic E-state index is 11.4. The van der Waals surface area contributed by atoms with Crippen LogP contribution in [0.25, 0.3) is 0 Å². The fourth-order valence-electron chi connectivity index (χ4n) is 2.60. The molecule has 0 aromatic heterocycles. The summed E-state index contributed by atoms with van der Waals surface area (Å²) < 4.78 is 10.8. The lowest BCUT2D eigenvalue weighted by atomic mass is 9.95. The summed E-state index contributed by atoms with van der Waals surface area (Å²) >= 11 is 5.09. The molecule has 27 heavy (non-hydrogen) atoms. The minimum Gasteiger partial charge on any atom is -0.481 e. The van der Waals surface area contributed by atoms with Crippen LogP contribution >= 0.6 is 12.2 Å². The maximum atomic E-state index is 11.4. The number of nitrogens with two attached hydrogens (primary N) is 1. The van der Waals surface area contributed by atoms with Crippen molar-refractivity contribution in [3.63, 3.8) is 0 Å². The van der Waals surface area contributed by atoms with Crippen LogP contribution in [0.5, 0.6) is 11.5 Å². The van der Waals surface area contributed by atoms with Crippen LogP contribution in [-0.4, -0.2) is 35.7 Å². The highest BCUT2D eigenvalue weighted by Crippen LogP contribution is 2.36. The number of hydrogen-bond donors (Lipinski definition) is 4. The van der Waals surface area contributed by atoms with Crippen molar-refractivity contribution in [2.75, 3.05) is 19.6 Å². The minimum absolute atomic E-state index is 0.0851. The molecule has 0 unspecified atom stereocenters. The number of benzene rings is 2. The molecular formula is C18H18N4O4S. The van der Waals surface area contributed by atoms with Crippen LogP contribution in [0.1, 0.15) is 16.7 Å². The van der Waals surface area contributed by atoms with E-state index in [1.54, 1.807) is 43.4 Å². The second-order valence-electron chi connectivity index (χ2n) is 5.71. The van der Waals surface area contributed by atoms with Gasteiger partial charge in [-0.15, -0.1) is 0 Å². The second-order valence-corrected chi connectivity index (χ2v) is 6.11. The molecule has 0 bridgehead atoms. The molecule has 0 fully saturated rings. The molecule has 8 nitrogen and oxygen atoms in total. The number of hydrogen-bond acceptors (Lipinski definition) is 6. The van der Waals surface area contributed by atoms with E-state index in [-0.39, 0.29) is 13.2 Å². The van der Waals surface area contributed by atoms with Crippen LogP contribution in [0.2, 0.25) is 0 Å². The monoisotopic (exact) mass is 386 g/mol. The van der Waals surface area contributed by atoms with Crippen molar-refractivity contribution in [3.05, 3.63) is 53.1 Å². The van der Waals surface area contributed by atoms with E-state index in [1.165, 1.54) is 0 Å². The molecule has 9 heteroatoms. The molecule has 2 aromatic rings. The van der Waals surface area contributed by atoms with Gasteiger partial charge in [0, 0.05) is 23.9 Å². The van der Waals surface area contributed by atoms with Crippen molar-refractivity contribution in [3.8, 4) is 11.5 Å². The number of anilines is 1. The summed E-state index contributed by atoms with van der Waals surface area (Å²) in [6.07, 6.45) is -0.198. The van der Waals surface area contributed by atoms with E-state index in [0.717, 1.165) is 5.56 Å². The molecule has 0 saturated heterocycles. The van der Waals surface area contributed by atoms with Crippen molar-refractivity contribution >= 4 is 34.7 Å². The van der Waals surface area contributed by atoms with E-state index in [2.05, 4.69) is 15.8 Å². The summed E-state index contributed by atoms with van der Waals surface area (Å²) in [5.41, 5.74) is 11.5. The Hall–Kier alpha value is -3.33. The molecule has 0 radical (unpaired) electrons. The van der Waals surface area contributed by atoms with Crippen molar-refractivity contribution in [2.24, 2.45) is 5.10 Å². The third kappa shape index (κ3) is 4.26. The van der Waals surface area contributed by atoms with E-state index in [4.69, 9.17) is 27.4 Å². The van der Waals surface area contributed by atoms with Crippen LogP contribution < -0.4 is 25.9 Å². The number of nitrogens with one attached hydrogen (secondary N) is 2. The predicted molar refractivity (Wildman–Crippen MR) is 105 cm³/mol. The SMILES string of the molecule is CNC(=S)N/N=C(/c1ccc(N)cc1)c1cc2c(cc1CC(=O)O)OCO2. The van der Waals surface area contributed by atoms with Crippen molar-refractivity contribution < 1.29 is 19.4 Å². The lowest BCUT2D eigenvalue weighted by Gasteiger charge is -2.14. The topological polar surface area (TPSA) is 118 Å². The normalized spacial score (nSPS) is 12.6. The van der Waals surface area contributed by atoms with E-state index in [0.29, 0.717) is 39.1 Å². The van der Waals surface area contributed by atoms with Crippen LogP contribution in [0.3, 0.4) is 0 Å². The Balaban J connectivity index is 2.14. The summed E-state index contributed by atoms with van der Waals surface area (Å²) in [6, 6.07) is 10.5. The molecular weight excluding hydrogens is 368 g/mol. The highest BCUT2D eigenvalue weighted by Gasteiger charge is 2.22. The van der Waals surface area contributed by atoms with Gasteiger partial charge in [-0.25, -0.2) is 0 Å². The number of carboxylic acid groups (broad SMARTS) is 1. The smallest absolute Gasteiger partial charge is 0.307 e. The number of nitrogen functional groups attached to an aromatic ring is 1. The van der Waals surface area contributed by atoms with Gasteiger partial charge in [0.05, 0.1) is 12.1 Å². The van der Waals surface area contributed by atoms with Gasteiger partial charge in [-0.1, -0.05) is 12.1 Å². The van der Waals surface area contributed by atoms with Crippen LogP contribution in [0.15, 0.2) is 41.5 Å². The Labute approximate surface area is 161 Å². The minimum atomic E-state index is -0.967. The lowest BCUT2D eigenvalue weighted by molar-refractivity contribution is -0.136. The molecule has 1 aliphatic rings. The first-order chi connectivity index (χ1) is 13.0. The molecule has 0 aliphatic carbocycles. The summed E-state index contributed by atoms with van der Waals surface area (Å²) in [5, 5.41) is 16.8. The van der Waals surface area contributed by atoms with Crippen LogP contribution in [0.4, 0.5) is 5.69 Å². The van der Waals surface area contributed by atoms with Gasteiger partial charge in [0.25, 0.3) is 0 Å². The van der Waals surface area contributed by atoms with E-state index < -0.39 is 5.97 Å². The molecule has 0 amide bonds. The largest absolute Gasteiger partial charge is 0.481 e. The first-order valence-electron chi connectivity index (χ1n) is 8.04. The molecule has 0 atom stereocenters. The van der Waals surface area contributed by atoms with Gasteiger partial charge in [-0.2, -0.15) is 5.10 Å². The van der Waals surface area contributed by atoms with Gasteiger partial charge in [-0.3, -0.25) is 10.2 Å². The van der Waals surface area contributed by atoms with E-state index >= 15 is 0 Å². The first kappa shape index (κ1) is 18.5. The number of nitrogens with zero attached hydrogens (tertiary/aromatic N) is 1. The number of carbonyl (C=O) groups is 1. The van der Waals surface area contributed by atoms with Gasteiger partial charge in [-0.05, 0) is 42.0 Å². The number of aliphatic carboxylic acids is 1. The quantitative estimate of drug-likeness (QED) is 0.264. The van der Waals surface area contributed by atoms with Gasteiger partial charge in [0.1, 0.15) is 0 Å². The van der Waals surface area contributed by atoms with Gasteiger partial charge in [0.2, 0.25) is 6.79 Å². The number of thiocarbonyl (C=S) groups is 1. The molecule has 3 rings (SSSR count). The molecule has 1 heterocycles. The third-order valence-electron chi connectivity index (χ3n) is 3.88. The number of ether oxygens (including phenoxy) is 2. The van der Waals surface area contributed by atoms with Crippen molar-refractivity contribution in [1.29, 1.82) is 0 Å². The Kier molecular flexibility index (Phi) is 5.41. The van der Waals surface area contributed by atoms with Crippen molar-refractivity contribution in [2.45, 2.75) is 6.42 Å². The van der Waals surface area contributed by atoms with Gasteiger partial charge in [0.15, 0.2) is 16.6 Å².